The summed E-state index contributed by atoms with van der Waals surface area (Å²) in [6.07, 6.45) is 1.62. The van der Waals surface area contributed by atoms with Crippen molar-refractivity contribution < 1.29 is 23.4 Å². The summed E-state index contributed by atoms with van der Waals surface area (Å²) in [7, 11) is 1.60. The van der Waals surface area contributed by atoms with Crippen LogP contribution in [0.3, 0.4) is 0 Å². The van der Waals surface area contributed by atoms with E-state index in [2.05, 4.69) is 10.3 Å². The van der Waals surface area contributed by atoms with E-state index in [0.717, 1.165) is 22.4 Å². The second-order valence-electron chi connectivity index (χ2n) is 6.59. The van der Waals surface area contributed by atoms with Crippen molar-refractivity contribution in [3.63, 3.8) is 0 Å². The smallest absolute Gasteiger partial charge is 0.222 e. The number of nitrogens with one attached hydrogen (secondary N) is 1. The Bertz CT molecular complexity index is 1070. The summed E-state index contributed by atoms with van der Waals surface area (Å²) in [6.45, 7) is 1.81. The number of pyridine rings is 1. The van der Waals surface area contributed by atoms with Gasteiger partial charge in [0.2, 0.25) is 11.7 Å². The first kappa shape index (κ1) is 18.7. The van der Waals surface area contributed by atoms with Crippen LogP contribution in [0.2, 0.25) is 0 Å². The number of fused-ring (bicyclic) bond motifs is 3. The fraction of sp³-hybridized carbons (Fsp3) is 0.182. The highest BCUT2D eigenvalue weighted by Crippen LogP contribution is 2.42. The molecule has 0 spiro atoms. The molecule has 0 unspecified atom stereocenters. The molecule has 0 radical (unpaired) electrons. The van der Waals surface area contributed by atoms with Gasteiger partial charge >= 0.3 is 0 Å². The van der Waals surface area contributed by atoms with Gasteiger partial charge in [-0.3, -0.25) is 4.79 Å². The molecule has 0 bridgehead atoms. The molecule has 0 fully saturated rings. The van der Waals surface area contributed by atoms with Gasteiger partial charge in [-0.25, -0.2) is 4.98 Å². The summed E-state index contributed by atoms with van der Waals surface area (Å²) in [4.78, 5) is 15.5. The van der Waals surface area contributed by atoms with Crippen LogP contribution < -0.4 is 19.5 Å². The fourth-order valence-corrected chi connectivity index (χ4v) is 3.13. The first-order valence-corrected chi connectivity index (χ1v) is 9.03. The molecule has 1 aliphatic rings. The van der Waals surface area contributed by atoms with Gasteiger partial charge in [-0.15, -0.1) is 0 Å². The van der Waals surface area contributed by atoms with Crippen molar-refractivity contribution in [2.75, 3.05) is 12.4 Å². The monoisotopic (exact) mass is 394 g/mol. The highest BCUT2D eigenvalue weighted by Gasteiger charge is 2.24. The third-order valence-electron chi connectivity index (χ3n) is 4.57. The van der Waals surface area contributed by atoms with Crippen LogP contribution in [0.4, 0.5) is 10.2 Å². The average Bonchev–Trinajstić information content (AvgIpc) is 2.73. The van der Waals surface area contributed by atoms with Gasteiger partial charge in [0.1, 0.15) is 24.8 Å². The molecular formula is C22H19FN2O4. The molecule has 0 saturated carbocycles. The maximum atomic E-state index is 15.0. The van der Waals surface area contributed by atoms with Gasteiger partial charge in [0.15, 0.2) is 11.5 Å². The van der Waals surface area contributed by atoms with Gasteiger partial charge in [-0.2, -0.15) is 4.39 Å². The molecule has 0 aliphatic carbocycles. The SMILES string of the molecule is COc1ccc(COc2ccc3c(c2F)OCc2cnc(NC(C)=O)cc2-3)cc1. The lowest BCUT2D eigenvalue weighted by molar-refractivity contribution is -0.114. The lowest BCUT2D eigenvalue weighted by atomic mass is 9.98. The van der Waals surface area contributed by atoms with Crippen LogP contribution in [0.5, 0.6) is 17.2 Å². The molecule has 0 atom stereocenters. The number of carbonyl (C=O) groups is 1. The first-order chi connectivity index (χ1) is 14.0. The number of carbonyl (C=O) groups excluding carboxylic acids is 1. The van der Waals surface area contributed by atoms with E-state index in [1.807, 2.05) is 24.3 Å². The number of hydrogen-bond donors (Lipinski definition) is 1. The van der Waals surface area contributed by atoms with E-state index >= 15 is 4.39 Å². The molecule has 7 heteroatoms. The molecule has 0 saturated heterocycles. The fourth-order valence-electron chi connectivity index (χ4n) is 3.13. The van der Waals surface area contributed by atoms with Crippen molar-refractivity contribution in [1.82, 2.24) is 4.98 Å². The van der Waals surface area contributed by atoms with Gasteiger partial charge in [0, 0.05) is 24.2 Å². The number of benzene rings is 2. The van der Waals surface area contributed by atoms with E-state index < -0.39 is 5.82 Å². The topological polar surface area (TPSA) is 69.7 Å². The van der Waals surface area contributed by atoms with Crippen LogP contribution >= 0.6 is 0 Å². The van der Waals surface area contributed by atoms with E-state index in [4.69, 9.17) is 14.2 Å². The minimum atomic E-state index is -0.556. The van der Waals surface area contributed by atoms with Crippen LogP contribution in [0.15, 0.2) is 48.7 Å². The first-order valence-electron chi connectivity index (χ1n) is 9.03. The van der Waals surface area contributed by atoms with E-state index in [1.54, 1.807) is 31.5 Å². The molecule has 6 nitrogen and oxygen atoms in total. The molecule has 2 heterocycles. The molecule has 2 aromatic carbocycles. The normalized spacial score (nSPS) is 11.7. The highest BCUT2D eigenvalue weighted by molar-refractivity contribution is 5.89. The highest BCUT2D eigenvalue weighted by atomic mass is 19.1. The second kappa shape index (κ2) is 7.79. The van der Waals surface area contributed by atoms with E-state index in [1.165, 1.54) is 6.92 Å². The lowest BCUT2D eigenvalue weighted by Gasteiger charge is -2.22. The largest absolute Gasteiger partial charge is 0.497 e. The summed E-state index contributed by atoms with van der Waals surface area (Å²) in [5.41, 5.74) is 3.07. The molecular weight excluding hydrogens is 375 g/mol. The molecule has 1 N–H and O–H groups in total. The molecule has 1 aromatic heterocycles. The maximum Gasteiger partial charge on any atom is 0.222 e. The number of nitrogens with zero attached hydrogens (tertiary/aromatic N) is 1. The van der Waals surface area contributed by atoms with Crippen LogP contribution in [0, 0.1) is 5.82 Å². The zero-order valence-electron chi connectivity index (χ0n) is 16.0. The van der Waals surface area contributed by atoms with Crippen LogP contribution in [0.1, 0.15) is 18.1 Å². The molecule has 3 aromatic rings. The van der Waals surface area contributed by atoms with Gasteiger partial charge < -0.3 is 19.5 Å². The Kier molecular flexibility index (Phi) is 5.03. The third-order valence-corrected chi connectivity index (χ3v) is 4.57. The Balaban J connectivity index is 1.59. The Morgan fingerprint density at radius 3 is 2.72 bits per heavy atom. The molecule has 1 aliphatic heterocycles. The molecule has 29 heavy (non-hydrogen) atoms. The van der Waals surface area contributed by atoms with Gasteiger partial charge in [0.25, 0.3) is 0 Å². The predicted octanol–water partition coefficient (Wildman–Crippen LogP) is 4.33. The third kappa shape index (κ3) is 3.85. The van der Waals surface area contributed by atoms with Gasteiger partial charge in [-0.1, -0.05) is 12.1 Å². The number of rotatable bonds is 5. The molecule has 148 valence electrons. The van der Waals surface area contributed by atoms with Gasteiger partial charge in [0.05, 0.1) is 7.11 Å². The average molecular weight is 394 g/mol. The summed E-state index contributed by atoms with van der Waals surface area (Å²) >= 11 is 0. The predicted molar refractivity (Wildman–Crippen MR) is 106 cm³/mol. The summed E-state index contributed by atoms with van der Waals surface area (Å²) in [5, 5.41) is 2.64. The Morgan fingerprint density at radius 1 is 1.21 bits per heavy atom. The van der Waals surface area contributed by atoms with Crippen LogP contribution in [-0.2, 0) is 18.0 Å². The zero-order valence-corrected chi connectivity index (χ0v) is 16.0. The zero-order chi connectivity index (χ0) is 20.4. The summed E-state index contributed by atoms with van der Waals surface area (Å²) in [5.74, 6) is 0.611. The van der Waals surface area contributed by atoms with Crippen molar-refractivity contribution in [2.45, 2.75) is 20.1 Å². The number of amides is 1. The Hall–Kier alpha value is -3.61. The van der Waals surface area contributed by atoms with E-state index in [-0.39, 0.29) is 30.6 Å². The Morgan fingerprint density at radius 2 is 2.00 bits per heavy atom. The van der Waals surface area contributed by atoms with E-state index in [9.17, 15) is 4.79 Å². The molecule has 1 amide bonds. The van der Waals surface area contributed by atoms with Gasteiger partial charge in [-0.05, 0) is 41.5 Å². The number of anilines is 1. The van der Waals surface area contributed by atoms with Crippen molar-refractivity contribution in [2.24, 2.45) is 0 Å². The quantitative estimate of drug-likeness (QED) is 0.698. The number of ether oxygens (including phenoxy) is 3. The summed E-state index contributed by atoms with van der Waals surface area (Å²) in [6, 6.07) is 12.4. The number of halogens is 1. The van der Waals surface area contributed by atoms with Crippen molar-refractivity contribution in [3.05, 3.63) is 65.6 Å². The second-order valence-corrected chi connectivity index (χ2v) is 6.59. The minimum Gasteiger partial charge on any atom is -0.497 e. The van der Waals surface area contributed by atoms with Crippen molar-refractivity contribution in [3.8, 4) is 28.4 Å². The lowest BCUT2D eigenvalue weighted by Crippen LogP contribution is -2.12. The number of hydrogen-bond acceptors (Lipinski definition) is 5. The van der Waals surface area contributed by atoms with Crippen molar-refractivity contribution in [1.29, 1.82) is 0 Å². The number of methoxy groups -OCH3 is 1. The van der Waals surface area contributed by atoms with Crippen LogP contribution in [0.25, 0.3) is 11.1 Å². The van der Waals surface area contributed by atoms with Crippen molar-refractivity contribution >= 4 is 11.7 Å². The standard InChI is InChI=1S/C22H19FN2O4/c1-13(26)25-20-9-18-15(10-24-20)12-29-22-17(18)7-8-19(21(22)23)28-11-14-3-5-16(27-2)6-4-14/h3-10H,11-12H2,1-2H3,(H,24,25,26). The number of aromatic nitrogens is 1. The molecule has 4 rings (SSSR count). The Labute approximate surface area is 167 Å². The maximum absolute atomic E-state index is 15.0. The van der Waals surface area contributed by atoms with E-state index in [0.29, 0.717) is 11.4 Å². The minimum absolute atomic E-state index is 0.110. The summed E-state index contributed by atoms with van der Waals surface area (Å²) < 4.78 is 31.4. The van der Waals surface area contributed by atoms with Crippen LogP contribution in [-0.4, -0.2) is 18.0 Å².